The summed E-state index contributed by atoms with van der Waals surface area (Å²) in [7, 11) is 0. The quantitative estimate of drug-likeness (QED) is 0.572. The summed E-state index contributed by atoms with van der Waals surface area (Å²) in [6.45, 7) is 2.58. The van der Waals surface area contributed by atoms with Gasteiger partial charge >= 0.3 is 0 Å². The van der Waals surface area contributed by atoms with Crippen LogP contribution in [0.1, 0.15) is 23.6 Å². The van der Waals surface area contributed by atoms with Gasteiger partial charge in [0.2, 0.25) is 0 Å². The van der Waals surface area contributed by atoms with Crippen molar-refractivity contribution in [3.63, 3.8) is 0 Å². The highest BCUT2D eigenvalue weighted by Gasteiger charge is 2.30. The molecule has 2 rings (SSSR count). The second-order valence-electron chi connectivity index (χ2n) is 3.72. The van der Waals surface area contributed by atoms with Gasteiger partial charge in [-0.15, -0.1) is 0 Å². The highest BCUT2D eigenvalue weighted by Crippen LogP contribution is 2.39. The first-order valence-corrected chi connectivity index (χ1v) is 4.81. The summed E-state index contributed by atoms with van der Waals surface area (Å²) in [4.78, 5) is 10.3. The van der Waals surface area contributed by atoms with Crippen molar-refractivity contribution in [2.24, 2.45) is 0 Å². The number of nitrogens with zero attached hydrogens (tertiary/aromatic N) is 1. The lowest BCUT2D eigenvalue weighted by Crippen LogP contribution is -2.35. The molecule has 0 aromatic heterocycles. The monoisotopic (exact) mass is 208 g/mol. The van der Waals surface area contributed by atoms with E-state index < -0.39 is 4.92 Å². The number of nitro benzene ring substituents is 1. The van der Waals surface area contributed by atoms with Crippen molar-refractivity contribution in [1.29, 1.82) is 0 Å². The third-order valence-electron chi connectivity index (χ3n) is 2.76. The van der Waals surface area contributed by atoms with E-state index in [0.717, 1.165) is 13.0 Å². The second-order valence-corrected chi connectivity index (χ2v) is 3.72. The topological polar surface area (TPSA) is 75.4 Å². The first-order chi connectivity index (χ1) is 7.11. The average Bonchev–Trinajstić information content (AvgIpc) is 2.09. The van der Waals surface area contributed by atoms with Crippen LogP contribution in [0.4, 0.5) is 5.69 Å². The molecule has 0 aliphatic carbocycles. The van der Waals surface area contributed by atoms with Crippen molar-refractivity contribution in [3.8, 4) is 5.75 Å². The second kappa shape index (κ2) is 3.51. The summed E-state index contributed by atoms with van der Waals surface area (Å²) >= 11 is 0. The molecule has 0 spiro atoms. The highest BCUT2D eigenvalue weighted by atomic mass is 16.6. The van der Waals surface area contributed by atoms with Gasteiger partial charge in [-0.2, -0.15) is 0 Å². The fraction of sp³-hybridized carbons (Fsp3) is 0.400. The number of aromatic hydroxyl groups is 1. The molecular formula is C10H12N2O3. The van der Waals surface area contributed by atoms with Gasteiger partial charge < -0.3 is 10.4 Å². The molecule has 0 radical (unpaired) electrons. The van der Waals surface area contributed by atoms with Crippen LogP contribution in [-0.2, 0) is 0 Å². The molecule has 1 aromatic carbocycles. The lowest BCUT2D eigenvalue weighted by molar-refractivity contribution is -0.386. The number of nitrogens with one attached hydrogen (secondary N) is 1. The Morgan fingerprint density at radius 2 is 2.27 bits per heavy atom. The molecule has 15 heavy (non-hydrogen) atoms. The minimum atomic E-state index is -0.450. The van der Waals surface area contributed by atoms with E-state index in [2.05, 4.69) is 5.32 Å². The van der Waals surface area contributed by atoms with Crippen LogP contribution in [0, 0.1) is 17.0 Å². The predicted molar refractivity (Wildman–Crippen MR) is 54.9 cm³/mol. The smallest absolute Gasteiger partial charge is 0.277 e. The number of phenols is 1. The van der Waals surface area contributed by atoms with E-state index in [9.17, 15) is 15.2 Å². The Morgan fingerprint density at radius 1 is 1.60 bits per heavy atom. The Hall–Kier alpha value is -1.62. The van der Waals surface area contributed by atoms with Crippen LogP contribution < -0.4 is 5.32 Å². The van der Waals surface area contributed by atoms with Crippen LogP contribution in [0.3, 0.4) is 0 Å². The zero-order chi connectivity index (χ0) is 11.0. The van der Waals surface area contributed by atoms with E-state index in [-0.39, 0.29) is 17.5 Å². The van der Waals surface area contributed by atoms with Gasteiger partial charge in [0.05, 0.1) is 10.5 Å². The van der Waals surface area contributed by atoms with Crippen LogP contribution in [0.2, 0.25) is 0 Å². The standard InChI is InChI=1S/C10H12N2O3/c1-6-2-3-8(12(14)15)9(10(6)13)7-4-5-11-7/h2-3,7,11,13H,4-5H2,1H3/t7-/m1/s1. The maximum Gasteiger partial charge on any atom is 0.277 e. The van der Waals surface area contributed by atoms with Crippen molar-refractivity contribution in [2.45, 2.75) is 19.4 Å². The Balaban J connectivity index is 2.54. The normalized spacial score (nSPS) is 19.7. The molecule has 0 bridgehead atoms. The van der Waals surface area contributed by atoms with Gasteiger partial charge in [0, 0.05) is 12.1 Å². The predicted octanol–water partition coefficient (Wildman–Crippen LogP) is 1.64. The summed E-state index contributed by atoms with van der Waals surface area (Å²) in [5.74, 6) is 0.0430. The molecule has 0 amide bonds. The van der Waals surface area contributed by atoms with Gasteiger partial charge in [-0.1, -0.05) is 0 Å². The van der Waals surface area contributed by atoms with Crippen LogP contribution in [0.15, 0.2) is 12.1 Å². The Morgan fingerprint density at radius 3 is 2.73 bits per heavy atom. The van der Waals surface area contributed by atoms with E-state index in [1.807, 2.05) is 0 Å². The Bertz CT molecular complexity index is 413. The number of rotatable bonds is 2. The molecule has 0 saturated carbocycles. The van der Waals surface area contributed by atoms with Gasteiger partial charge in [0.15, 0.2) is 0 Å². The van der Waals surface area contributed by atoms with Gasteiger partial charge in [-0.05, 0) is 31.5 Å². The van der Waals surface area contributed by atoms with Crippen LogP contribution >= 0.6 is 0 Å². The van der Waals surface area contributed by atoms with Gasteiger partial charge in [-0.3, -0.25) is 10.1 Å². The molecule has 5 nitrogen and oxygen atoms in total. The van der Waals surface area contributed by atoms with Crippen molar-refractivity contribution >= 4 is 5.69 Å². The Labute approximate surface area is 86.9 Å². The zero-order valence-electron chi connectivity index (χ0n) is 8.36. The van der Waals surface area contributed by atoms with Crippen LogP contribution in [0.5, 0.6) is 5.75 Å². The molecule has 0 unspecified atom stereocenters. The number of aryl methyl sites for hydroxylation is 1. The molecule has 1 fully saturated rings. The number of phenolic OH excluding ortho intramolecular Hbond substituents is 1. The number of nitro groups is 1. The molecule has 5 heteroatoms. The lowest BCUT2D eigenvalue weighted by Gasteiger charge is -2.28. The average molecular weight is 208 g/mol. The van der Waals surface area contributed by atoms with E-state index >= 15 is 0 Å². The van der Waals surface area contributed by atoms with Crippen molar-refractivity contribution in [2.75, 3.05) is 6.54 Å². The SMILES string of the molecule is Cc1ccc([N+](=O)[O-])c([C@H]2CCN2)c1O. The molecule has 1 aliphatic heterocycles. The Kier molecular flexibility index (Phi) is 2.32. The van der Waals surface area contributed by atoms with E-state index in [0.29, 0.717) is 11.1 Å². The molecule has 80 valence electrons. The van der Waals surface area contributed by atoms with Crippen molar-refractivity contribution in [3.05, 3.63) is 33.4 Å². The van der Waals surface area contributed by atoms with Gasteiger partial charge in [0.1, 0.15) is 5.75 Å². The maximum atomic E-state index is 10.8. The molecule has 2 N–H and O–H groups in total. The summed E-state index contributed by atoms with van der Waals surface area (Å²) in [6, 6.07) is 2.94. The minimum Gasteiger partial charge on any atom is -0.507 e. The van der Waals surface area contributed by atoms with Crippen molar-refractivity contribution in [1.82, 2.24) is 5.32 Å². The molecule has 1 aromatic rings. The first-order valence-electron chi connectivity index (χ1n) is 4.81. The third-order valence-corrected chi connectivity index (χ3v) is 2.76. The number of hydrogen-bond acceptors (Lipinski definition) is 4. The molecule has 1 aliphatic rings. The maximum absolute atomic E-state index is 10.8. The van der Waals surface area contributed by atoms with E-state index in [1.165, 1.54) is 6.07 Å². The molecule has 1 atom stereocenters. The highest BCUT2D eigenvalue weighted by molar-refractivity contribution is 5.55. The minimum absolute atomic E-state index is 0.00435. The zero-order valence-corrected chi connectivity index (χ0v) is 8.36. The largest absolute Gasteiger partial charge is 0.507 e. The van der Waals surface area contributed by atoms with Gasteiger partial charge in [0.25, 0.3) is 5.69 Å². The fourth-order valence-electron chi connectivity index (χ4n) is 1.74. The summed E-state index contributed by atoms with van der Waals surface area (Å²) in [5, 5.41) is 23.7. The summed E-state index contributed by atoms with van der Waals surface area (Å²) in [5.41, 5.74) is 1.09. The fourth-order valence-corrected chi connectivity index (χ4v) is 1.74. The van der Waals surface area contributed by atoms with E-state index in [4.69, 9.17) is 0 Å². The van der Waals surface area contributed by atoms with Crippen LogP contribution in [-0.4, -0.2) is 16.6 Å². The number of benzene rings is 1. The van der Waals surface area contributed by atoms with Crippen molar-refractivity contribution < 1.29 is 10.0 Å². The third kappa shape index (κ3) is 1.55. The first kappa shape index (κ1) is 9.92. The van der Waals surface area contributed by atoms with Gasteiger partial charge in [-0.25, -0.2) is 0 Å². The summed E-state index contributed by atoms with van der Waals surface area (Å²) < 4.78 is 0. The molecule has 1 heterocycles. The van der Waals surface area contributed by atoms with E-state index in [1.54, 1.807) is 13.0 Å². The number of hydrogen-bond donors (Lipinski definition) is 2. The molecule has 1 saturated heterocycles. The van der Waals surface area contributed by atoms with Crippen LogP contribution in [0.25, 0.3) is 0 Å². The lowest BCUT2D eigenvalue weighted by atomic mass is 9.94. The molecular weight excluding hydrogens is 196 g/mol. The summed E-state index contributed by atoms with van der Waals surface area (Å²) in [6.07, 6.45) is 0.831.